The van der Waals surface area contributed by atoms with Crippen LogP contribution in [0.1, 0.15) is 39.0 Å². The third-order valence-electron chi connectivity index (χ3n) is 3.31. The Balaban J connectivity index is 1.92. The third-order valence-corrected chi connectivity index (χ3v) is 3.31. The van der Waals surface area contributed by atoms with Gasteiger partial charge in [-0.1, -0.05) is 18.9 Å². The number of epoxide rings is 1. The average molecular weight is 196 g/mol. The van der Waals surface area contributed by atoms with Gasteiger partial charge >= 0.3 is 5.97 Å². The number of rotatable bonds is 3. The topological polar surface area (TPSA) is 49.8 Å². The summed E-state index contributed by atoms with van der Waals surface area (Å²) in [5, 5.41) is 8.70. The highest BCUT2D eigenvalue weighted by molar-refractivity contribution is 5.85. The van der Waals surface area contributed by atoms with E-state index in [4.69, 9.17) is 9.84 Å². The largest absolute Gasteiger partial charge is 0.478 e. The Hall–Kier alpha value is -0.830. The number of hydrogen-bond donors (Lipinski definition) is 1. The van der Waals surface area contributed by atoms with Crippen molar-refractivity contribution in [1.29, 1.82) is 0 Å². The molecule has 2 rings (SSSR count). The lowest BCUT2D eigenvalue weighted by Crippen LogP contribution is -2.18. The molecule has 2 unspecified atom stereocenters. The van der Waals surface area contributed by atoms with Crippen molar-refractivity contribution in [3.05, 3.63) is 11.6 Å². The predicted molar refractivity (Wildman–Crippen MR) is 52.1 cm³/mol. The summed E-state index contributed by atoms with van der Waals surface area (Å²) in [4.78, 5) is 10.6. The van der Waals surface area contributed by atoms with Crippen molar-refractivity contribution >= 4 is 5.97 Å². The molecule has 1 saturated heterocycles. The van der Waals surface area contributed by atoms with E-state index in [1.807, 2.05) is 0 Å². The summed E-state index contributed by atoms with van der Waals surface area (Å²) in [6, 6.07) is 0. The third kappa shape index (κ3) is 1.69. The molecule has 2 aliphatic rings. The van der Waals surface area contributed by atoms with Crippen LogP contribution in [0.25, 0.3) is 0 Å². The molecule has 2 fully saturated rings. The maximum Gasteiger partial charge on any atom is 0.330 e. The first kappa shape index (κ1) is 9.71. The highest BCUT2D eigenvalue weighted by Gasteiger charge is 2.55. The fraction of sp³-hybridized carbons (Fsp3) is 0.727. The van der Waals surface area contributed by atoms with Crippen LogP contribution in [0.3, 0.4) is 0 Å². The average Bonchev–Trinajstić information content (AvgIpc) is 2.88. The Bertz CT molecular complexity index is 282. The minimum Gasteiger partial charge on any atom is -0.478 e. The van der Waals surface area contributed by atoms with E-state index in [1.54, 1.807) is 13.0 Å². The Labute approximate surface area is 83.8 Å². The molecule has 78 valence electrons. The molecule has 0 aromatic carbocycles. The van der Waals surface area contributed by atoms with E-state index in [9.17, 15) is 4.79 Å². The Kier molecular flexibility index (Phi) is 2.35. The first-order chi connectivity index (χ1) is 6.64. The Morgan fingerprint density at radius 3 is 3.07 bits per heavy atom. The van der Waals surface area contributed by atoms with Crippen LogP contribution >= 0.6 is 0 Å². The summed E-state index contributed by atoms with van der Waals surface area (Å²) in [6.07, 6.45) is 7.71. The first-order valence-corrected chi connectivity index (χ1v) is 5.22. The summed E-state index contributed by atoms with van der Waals surface area (Å²) in [6.45, 7) is 1.64. The summed E-state index contributed by atoms with van der Waals surface area (Å²) < 4.78 is 5.66. The number of fused-ring (bicyclic) bond motifs is 1. The van der Waals surface area contributed by atoms with E-state index in [0.29, 0.717) is 11.7 Å². The van der Waals surface area contributed by atoms with Crippen molar-refractivity contribution < 1.29 is 14.6 Å². The summed E-state index contributed by atoms with van der Waals surface area (Å²) in [7, 11) is 0. The first-order valence-electron chi connectivity index (χ1n) is 5.22. The highest BCUT2D eigenvalue weighted by Crippen LogP contribution is 2.50. The zero-order valence-electron chi connectivity index (χ0n) is 8.45. The maximum absolute atomic E-state index is 10.6. The van der Waals surface area contributed by atoms with Crippen molar-refractivity contribution in [3.8, 4) is 0 Å². The standard InChI is InChI=1S/C11H16O3/c1-8(10(12)13)5-7-11-6-3-2-4-9(11)14-11/h5,9H,2-4,6-7H2,1H3,(H,12,13). The van der Waals surface area contributed by atoms with Gasteiger partial charge in [0.2, 0.25) is 0 Å². The van der Waals surface area contributed by atoms with Gasteiger partial charge in [0.05, 0.1) is 11.7 Å². The monoisotopic (exact) mass is 196 g/mol. The minimum absolute atomic E-state index is 0.0228. The van der Waals surface area contributed by atoms with Gasteiger partial charge in [0, 0.05) is 5.57 Å². The zero-order chi connectivity index (χ0) is 10.2. The van der Waals surface area contributed by atoms with Crippen LogP contribution in [0.4, 0.5) is 0 Å². The number of carboxylic acid groups (broad SMARTS) is 1. The van der Waals surface area contributed by atoms with Crippen LogP contribution in [0.2, 0.25) is 0 Å². The van der Waals surface area contributed by atoms with E-state index < -0.39 is 5.97 Å². The lowest BCUT2D eigenvalue weighted by molar-refractivity contribution is -0.132. The SMILES string of the molecule is CC(=CCC12CCCCC1O2)C(=O)O. The zero-order valence-corrected chi connectivity index (χ0v) is 8.45. The lowest BCUT2D eigenvalue weighted by Gasteiger charge is -2.14. The van der Waals surface area contributed by atoms with E-state index in [1.165, 1.54) is 12.8 Å². The van der Waals surface area contributed by atoms with Gasteiger partial charge in [-0.2, -0.15) is 0 Å². The van der Waals surface area contributed by atoms with Gasteiger partial charge in [-0.15, -0.1) is 0 Å². The van der Waals surface area contributed by atoms with E-state index in [2.05, 4.69) is 0 Å². The normalized spacial score (nSPS) is 36.4. The fourth-order valence-corrected chi connectivity index (χ4v) is 2.24. The van der Waals surface area contributed by atoms with Crippen LogP contribution in [0, 0.1) is 0 Å². The Morgan fingerprint density at radius 1 is 1.64 bits per heavy atom. The van der Waals surface area contributed by atoms with Crippen LogP contribution in [-0.2, 0) is 9.53 Å². The molecule has 3 heteroatoms. The van der Waals surface area contributed by atoms with Crippen LogP contribution < -0.4 is 0 Å². The van der Waals surface area contributed by atoms with Gasteiger partial charge in [0.15, 0.2) is 0 Å². The van der Waals surface area contributed by atoms with Gasteiger partial charge in [0.25, 0.3) is 0 Å². The van der Waals surface area contributed by atoms with Gasteiger partial charge in [-0.25, -0.2) is 4.79 Å². The number of hydrogen-bond acceptors (Lipinski definition) is 2. The second-order valence-corrected chi connectivity index (χ2v) is 4.31. The van der Waals surface area contributed by atoms with Gasteiger partial charge < -0.3 is 9.84 Å². The molecule has 0 radical (unpaired) electrons. The quantitative estimate of drug-likeness (QED) is 0.555. The molecule has 14 heavy (non-hydrogen) atoms. The van der Waals surface area contributed by atoms with Gasteiger partial charge in [0.1, 0.15) is 0 Å². The van der Waals surface area contributed by atoms with Crippen molar-refractivity contribution in [2.45, 2.75) is 50.7 Å². The highest BCUT2D eigenvalue weighted by atomic mass is 16.6. The van der Waals surface area contributed by atoms with Gasteiger partial charge in [-0.05, 0) is 26.2 Å². The molecule has 1 aliphatic heterocycles. The number of ether oxygens (including phenoxy) is 1. The lowest BCUT2D eigenvalue weighted by atomic mass is 9.86. The molecule has 0 spiro atoms. The number of aliphatic carboxylic acids is 1. The van der Waals surface area contributed by atoms with E-state index in [0.717, 1.165) is 19.3 Å². The molecule has 3 nitrogen and oxygen atoms in total. The molecule has 0 bridgehead atoms. The van der Waals surface area contributed by atoms with Crippen molar-refractivity contribution in [2.24, 2.45) is 0 Å². The molecule has 0 aromatic rings. The number of carboxylic acids is 1. The van der Waals surface area contributed by atoms with Gasteiger partial charge in [-0.3, -0.25) is 0 Å². The second kappa shape index (κ2) is 3.39. The smallest absolute Gasteiger partial charge is 0.330 e. The molecule has 1 N–H and O–H groups in total. The molecule has 2 atom stereocenters. The van der Waals surface area contributed by atoms with E-state index >= 15 is 0 Å². The van der Waals surface area contributed by atoms with Crippen LogP contribution in [0.5, 0.6) is 0 Å². The van der Waals surface area contributed by atoms with Crippen molar-refractivity contribution in [3.63, 3.8) is 0 Å². The number of carbonyl (C=O) groups is 1. The molecular weight excluding hydrogens is 180 g/mol. The molecule has 1 aliphatic carbocycles. The van der Waals surface area contributed by atoms with Crippen LogP contribution in [-0.4, -0.2) is 22.8 Å². The summed E-state index contributed by atoms with van der Waals surface area (Å²) in [5.74, 6) is -0.825. The fourth-order valence-electron chi connectivity index (χ4n) is 2.24. The molecule has 1 saturated carbocycles. The summed E-state index contributed by atoms with van der Waals surface area (Å²) in [5.41, 5.74) is 0.453. The van der Waals surface area contributed by atoms with Crippen molar-refractivity contribution in [1.82, 2.24) is 0 Å². The van der Waals surface area contributed by atoms with Crippen LogP contribution in [0.15, 0.2) is 11.6 Å². The molecule has 0 amide bonds. The molecule has 0 aromatic heterocycles. The van der Waals surface area contributed by atoms with Crippen molar-refractivity contribution in [2.75, 3.05) is 0 Å². The van der Waals surface area contributed by atoms with E-state index in [-0.39, 0.29) is 5.60 Å². The summed E-state index contributed by atoms with van der Waals surface area (Å²) >= 11 is 0. The predicted octanol–water partition coefficient (Wildman–Crippen LogP) is 2.12. The Morgan fingerprint density at radius 2 is 2.43 bits per heavy atom. The maximum atomic E-state index is 10.6. The second-order valence-electron chi connectivity index (χ2n) is 4.31. The molecular formula is C11H16O3. The minimum atomic E-state index is -0.825. The molecule has 1 heterocycles.